The molecular weight excluding hydrogens is 370 g/mol. The molecule has 1 amide bonds. The summed E-state index contributed by atoms with van der Waals surface area (Å²) in [6, 6.07) is 5.72. The number of hydrogen-bond acceptors (Lipinski definition) is 5. The highest BCUT2D eigenvalue weighted by molar-refractivity contribution is 5.89. The molecule has 0 unspecified atom stereocenters. The number of esters is 1. The maximum atomic E-state index is 11.9. The largest absolute Gasteiger partial charge is 0.490 e. The van der Waals surface area contributed by atoms with Crippen LogP contribution in [-0.2, 0) is 14.3 Å². The van der Waals surface area contributed by atoms with Gasteiger partial charge in [0.1, 0.15) is 0 Å². The van der Waals surface area contributed by atoms with Crippen LogP contribution in [0, 0.1) is 0 Å². The molecule has 0 aromatic heterocycles. The number of unbranched alkanes of at least 4 members (excludes halogenated alkanes) is 1. The van der Waals surface area contributed by atoms with Gasteiger partial charge in [0.15, 0.2) is 18.1 Å². The Bertz CT molecular complexity index is 680. The molecule has 1 fully saturated rings. The molecule has 6 nitrogen and oxygen atoms in total. The summed E-state index contributed by atoms with van der Waals surface area (Å²) in [6.07, 6.45) is 10.5. The van der Waals surface area contributed by atoms with Crippen LogP contribution in [0.15, 0.2) is 24.3 Å². The molecule has 6 heteroatoms. The summed E-state index contributed by atoms with van der Waals surface area (Å²) in [7, 11) is 0. The highest BCUT2D eigenvalue weighted by Gasteiger charge is 2.16. The number of nitrogens with one attached hydrogen (secondary N) is 1. The molecule has 1 aromatic rings. The van der Waals surface area contributed by atoms with Crippen LogP contribution in [0.4, 0.5) is 0 Å². The third kappa shape index (κ3) is 8.59. The number of carbonyl (C=O) groups excluding carboxylic acids is 2. The Kier molecular flexibility index (Phi) is 10.1. The van der Waals surface area contributed by atoms with Crippen molar-refractivity contribution in [3.8, 4) is 11.5 Å². The number of rotatable bonds is 11. The standard InChI is InChI=1S/C23H33NO5/c1-3-5-15-28-20-13-11-18(16-21(20)27-4-2)12-14-23(26)29-17-22(25)24-19-9-7-6-8-10-19/h11-14,16,19H,3-10,15,17H2,1-2H3,(H,24,25)/b14-12+. The van der Waals surface area contributed by atoms with Crippen molar-refractivity contribution < 1.29 is 23.8 Å². The number of ether oxygens (including phenoxy) is 3. The van der Waals surface area contributed by atoms with Gasteiger partial charge in [0.05, 0.1) is 13.2 Å². The van der Waals surface area contributed by atoms with Crippen molar-refractivity contribution in [2.75, 3.05) is 19.8 Å². The quantitative estimate of drug-likeness (QED) is 0.339. The van der Waals surface area contributed by atoms with Crippen LogP contribution >= 0.6 is 0 Å². The van der Waals surface area contributed by atoms with E-state index in [1.165, 1.54) is 12.5 Å². The van der Waals surface area contributed by atoms with E-state index in [1.54, 1.807) is 6.08 Å². The van der Waals surface area contributed by atoms with E-state index in [2.05, 4.69) is 12.2 Å². The molecule has 0 spiro atoms. The minimum atomic E-state index is -0.551. The summed E-state index contributed by atoms with van der Waals surface area (Å²) in [5.74, 6) is 0.543. The molecule has 29 heavy (non-hydrogen) atoms. The summed E-state index contributed by atoms with van der Waals surface area (Å²) < 4.78 is 16.4. The van der Waals surface area contributed by atoms with E-state index in [0.29, 0.717) is 24.7 Å². The lowest BCUT2D eigenvalue weighted by Crippen LogP contribution is -2.38. The summed E-state index contributed by atoms with van der Waals surface area (Å²) in [4.78, 5) is 23.8. The monoisotopic (exact) mass is 403 g/mol. The van der Waals surface area contributed by atoms with E-state index in [4.69, 9.17) is 14.2 Å². The van der Waals surface area contributed by atoms with Crippen LogP contribution in [-0.4, -0.2) is 37.7 Å². The smallest absolute Gasteiger partial charge is 0.331 e. The van der Waals surface area contributed by atoms with Crippen molar-refractivity contribution in [3.63, 3.8) is 0 Å². The summed E-state index contributed by atoms with van der Waals surface area (Å²) >= 11 is 0. The molecule has 0 saturated heterocycles. The lowest BCUT2D eigenvalue weighted by molar-refractivity contribution is -0.144. The number of hydrogen-bond donors (Lipinski definition) is 1. The average molecular weight is 404 g/mol. The summed E-state index contributed by atoms with van der Waals surface area (Å²) in [5.41, 5.74) is 0.792. The average Bonchev–Trinajstić information content (AvgIpc) is 2.73. The van der Waals surface area contributed by atoms with Gasteiger partial charge < -0.3 is 19.5 Å². The number of amides is 1. The minimum absolute atomic E-state index is 0.209. The van der Waals surface area contributed by atoms with Crippen LogP contribution in [0.25, 0.3) is 6.08 Å². The Balaban J connectivity index is 1.83. The molecule has 0 aliphatic heterocycles. The SMILES string of the molecule is CCCCOc1ccc(/C=C/C(=O)OCC(=O)NC2CCCCC2)cc1OCC. The second kappa shape index (κ2) is 12.9. The molecule has 1 saturated carbocycles. The van der Waals surface area contributed by atoms with E-state index >= 15 is 0 Å². The molecule has 0 bridgehead atoms. The van der Waals surface area contributed by atoms with Gasteiger partial charge in [0, 0.05) is 12.1 Å². The van der Waals surface area contributed by atoms with E-state index in [9.17, 15) is 9.59 Å². The van der Waals surface area contributed by atoms with Crippen molar-refractivity contribution in [2.24, 2.45) is 0 Å². The lowest BCUT2D eigenvalue weighted by Gasteiger charge is -2.22. The number of carbonyl (C=O) groups is 2. The van der Waals surface area contributed by atoms with Crippen LogP contribution < -0.4 is 14.8 Å². The van der Waals surface area contributed by atoms with Gasteiger partial charge in [-0.25, -0.2) is 4.79 Å². The highest BCUT2D eigenvalue weighted by Crippen LogP contribution is 2.29. The number of benzene rings is 1. The molecule has 1 aliphatic carbocycles. The van der Waals surface area contributed by atoms with Crippen molar-refractivity contribution in [1.29, 1.82) is 0 Å². The Labute approximate surface area is 173 Å². The zero-order valence-electron chi connectivity index (χ0n) is 17.6. The van der Waals surface area contributed by atoms with Gasteiger partial charge in [-0.15, -0.1) is 0 Å². The molecular formula is C23H33NO5. The molecule has 1 N–H and O–H groups in total. The van der Waals surface area contributed by atoms with Gasteiger partial charge in [-0.2, -0.15) is 0 Å². The molecule has 1 aliphatic rings. The van der Waals surface area contributed by atoms with Crippen molar-refractivity contribution in [3.05, 3.63) is 29.8 Å². The van der Waals surface area contributed by atoms with Gasteiger partial charge in [-0.3, -0.25) is 4.79 Å². The molecule has 0 heterocycles. The first kappa shape index (κ1) is 22.8. The molecule has 0 radical (unpaired) electrons. The fourth-order valence-electron chi connectivity index (χ4n) is 3.21. The summed E-state index contributed by atoms with van der Waals surface area (Å²) in [6.45, 7) is 4.93. The second-order valence-corrected chi connectivity index (χ2v) is 7.18. The zero-order chi connectivity index (χ0) is 20.9. The van der Waals surface area contributed by atoms with Gasteiger partial charge >= 0.3 is 5.97 Å². The lowest BCUT2D eigenvalue weighted by atomic mass is 9.95. The Morgan fingerprint density at radius 3 is 2.62 bits per heavy atom. The maximum absolute atomic E-state index is 11.9. The third-order valence-electron chi connectivity index (χ3n) is 4.75. The van der Waals surface area contributed by atoms with E-state index in [0.717, 1.165) is 44.1 Å². The first-order chi connectivity index (χ1) is 14.1. The van der Waals surface area contributed by atoms with Crippen LogP contribution in [0.2, 0.25) is 0 Å². The van der Waals surface area contributed by atoms with Crippen molar-refractivity contribution in [2.45, 2.75) is 64.8 Å². The fraction of sp³-hybridized carbons (Fsp3) is 0.565. The van der Waals surface area contributed by atoms with E-state index in [1.807, 2.05) is 25.1 Å². The van der Waals surface area contributed by atoms with Crippen LogP contribution in [0.1, 0.15) is 64.4 Å². The van der Waals surface area contributed by atoms with Gasteiger partial charge in [-0.1, -0.05) is 38.7 Å². The highest BCUT2D eigenvalue weighted by atomic mass is 16.5. The fourth-order valence-corrected chi connectivity index (χ4v) is 3.21. The van der Waals surface area contributed by atoms with Gasteiger partial charge in [0.25, 0.3) is 5.91 Å². The normalized spacial score (nSPS) is 14.6. The van der Waals surface area contributed by atoms with Crippen molar-refractivity contribution >= 4 is 18.0 Å². The van der Waals surface area contributed by atoms with E-state index in [-0.39, 0.29) is 18.6 Å². The second-order valence-electron chi connectivity index (χ2n) is 7.18. The van der Waals surface area contributed by atoms with Crippen molar-refractivity contribution in [1.82, 2.24) is 5.32 Å². The molecule has 2 rings (SSSR count). The van der Waals surface area contributed by atoms with Gasteiger partial charge in [0.2, 0.25) is 0 Å². The Morgan fingerprint density at radius 2 is 1.90 bits per heavy atom. The zero-order valence-corrected chi connectivity index (χ0v) is 17.6. The topological polar surface area (TPSA) is 73.9 Å². The molecule has 1 aromatic carbocycles. The molecule has 0 atom stereocenters. The predicted molar refractivity (Wildman–Crippen MR) is 113 cm³/mol. The Morgan fingerprint density at radius 1 is 1.10 bits per heavy atom. The predicted octanol–water partition coefficient (Wildman–Crippen LogP) is 4.27. The third-order valence-corrected chi connectivity index (χ3v) is 4.75. The maximum Gasteiger partial charge on any atom is 0.331 e. The van der Waals surface area contributed by atoms with Gasteiger partial charge in [-0.05, 0) is 50.0 Å². The first-order valence-electron chi connectivity index (χ1n) is 10.7. The van der Waals surface area contributed by atoms with Crippen LogP contribution in [0.3, 0.4) is 0 Å². The van der Waals surface area contributed by atoms with Crippen LogP contribution in [0.5, 0.6) is 11.5 Å². The minimum Gasteiger partial charge on any atom is -0.490 e. The first-order valence-corrected chi connectivity index (χ1v) is 10.7. The molecule has 160 valence electrons. The Hall–Kier alpha value is -2.50. The van der Waals surface area contributed by atoms with E-state index < -0.39 is 5.97 Å². The summed E-state index contributed by atoms with van der Waals surface area (Å²) in [5, 5.41) is 2.93.